The smallest absolute Gasteiger partial charge is 0.232 e. The van der Waals surface area contributed by atoms with Gasteiger partial charge in [0.2, 0.25) is 10.0 Å². The molecule has 0 saturated carbocycles. The van der Waals surface area contributed by atoms with Crippen LogP contribution in [0.4, 0.5) is 5.69 Å². The Morgan fingerprint density at radius 2 is 1.87 bits per heavy atom. The Bertz CT molecular complexity index is 395. The molecule has 0 heterocycles. The zero-order valence-electron chi connectivity index (χ0n) is 8.86. The van der Waals surface area contributed by atoms with Crippen molar-refractivity contribution >= 4 is 15.7 Å². The van der Waals surface area contributed by atoms with Crippen molar-refractivity contribution < 1.29 is 8.42 Å². The minimum atomic E-state index is -3.17. The third-order valence-corrected chi connectivity index (χ3v) is 3.48. The summed E-state index contributed by atoms with van der Waals surface area (Å²) in [5.74, 6) is 0.157. The summed E-state index contributed by atoms with van der Waals surface area (Å²) in [4.78, 5) is 0. The lowest BCUT2D eigenvalue weighted by molar-refractivity contribution is 0.600. The summed E-state index contributed by atoms with van der Waals surface area (Å²) in [7, 11) is -3.17. The Morgan fingerprint density at radius 1 is 1.27 bits per heavy atom. The van der Waals surface area contributed by atoms with Crippen LogP contribution < -0.4 is 4.72 Å². The molecular formula is C11H16NO2S. The lowest BCUT2D eigenvalue weighted by Crippen LogP contribution is -2.15. The van der Waals surface area contributed by atoms with Gasteiger partial charge in [-0.3, -0.25) is 4.72 Å². The van der Waals surface area contributed by atoms with E-state index in [4.69, 9.17) is 0 Å². The molecule has 4 heteroatoms. The number of anilines is 1. The zero-order chi connectivity index (χ0) is 11.3. The van der Waals surface area contributed by atoms with Crippen LogP contribution in [-0.4, -0.2) is 14.2 Å². The van der Waals surface area contributed by atoms with Gasteiger partial charge in [-0.25, -0.2) is 8.42 Å². The molecule has 1 radical (unpaired) electrons. The number of benzene rings is 1. The molecule has 0 aromatic heterocycles. The van der Waals surface area contributed by atoms with Crippen LogP contribution in [0.2, 0.25) is 0 Å². The first-order chi connectivity index (χ1) is 7.07. The minimum absolute atomic E-state index is 0.157. The van der Waals surface area contributed by atoms with Gasteiger partial charge in [-0.1, -0.05) is 19.1 Å². The molecule has 1 N–H and O–H groups in total. The maximum Gasteiger partial charge on any atom is 0.232 e. The van der Waals surface area contributed by atoms with Crippen molar-refractivity contribution in [2.75, 3.05) is 10.5 Å². The molecule has 15 heavy (non-hydrogen) atoms. The molecule has 0 bridgehead atoms. The van der Waals surface area contributed by atoms with Crippen molar-refractivity contribution in [3.63, 3.8) is 0 Å². The van der Waals surface area contributed by atoms with E-state index in [0.29, 0.717) is 18.5 Å². The quantitative estimate of drug-likeness (QED) is 0.836. The van der Waals surface area contributed by atoms with Crippen molar-refractivity contribution in [1.29, 1.82) is 0 Å². The van der Waals surface area contributed by atoms with Crippen LogP contribution in [0.25, 0.3) is 0 Å². The van der Waals surface area contributed by atoms with Gasteiger partial charge in [0.05, 0.1) is 5.75 Å². The van der Waals surface area contributed by atoms with Gasteiger partial charge in [0.25, 0.3) is 0 Å². The molecule has 1 aromatic rings. The van der Waals surface area contributed by atoms with Gasteiger partial charge >= 0.3 is 0 Å². The minimum Gasteiger partial charge on any atom is -0.284 e. The second-order valence-electron chi connectivity index (χ2n) is 3.37. The molecule has 0 saturated heterocycles. The topological polar surface area (TPSA) is 46.2 Å². The lowest BCUT2D eigenvalue weighted by atomic mass is 10.2. The largest absolute Gasteiger partial charge is 0.284 e. The van der Waals surface area contributed by atoms with E-state index in [0.717, 1.165) is 5.56 Å². The number of sulfonamides is 1. The Balaban J connectivity index is 2.73. The second kappa shape index (κ2) is 5.16. The molecule has 83 valence electrons. The molecular weight excluding hydrogens is 210 g/mol. The Labute approximate surface area is 91.6 Å². The Kier molecular flexibility index (Phi) is 4.15. The molecule has 3 nitrogen and oxygen atoms in total. The Morgan fingerprint density at radius 3 is 2.33 bits per heavy atom. The van der Waals surface area contributed by atoms with Crippen LogP contribution >= 0.6 is 0 Å². The number of hydrogen-bond donors (Lipinski definition) is 1. The number of nitrogens with one attached hydrogen (secondary N) is 1. The molecule has 0 aliphatic rings. The van der Waals surface area contributed by atoms with E-state index in [1.165, 1.54) is 0 Å². The summed E-state index contributed by atoms with van der Waals surface area (Å²) in [6, 6.07) is 7.26. The standard InChI is InChI=1S/C11H16NO2S/c1-3-9-15(13,14)12-11-7-5-10(4-2)6-8-11/h5-8,12H,2-4,9H2,1H3. The first kappa shape index (κ1) is 12.0. The summed E-state index contributed by atoms with van der Waals surface area (Å²) in [6.45, 7) is 5.59. The highest BCUT2D eigenvalue weighted by atomic mass is 32.2. The van der Waals surface area contributed by atoms with Gasteiger partial charge in [0.15, 0.2) is 0 Å². The van der Waals surface area contributed by atoms with E-state index in [9.17, 15) is 8.42 Å². The average molecular weight is 226 g/mol. The molecule has 0 spiro atoms. The van der Waals surface area contributed by atoms with Crippen molar-refractivity contribution in [2.24, 2.45) is 0 Å². The fourth-order valence-corrected chi connectivity index (χ4v) is 2.37. The van der Waals surface area contributed by atoms with Crippen molar-refractivity contribution in [2.45, 2.75) is 19.8 Å². The van der Waals surface area contributed by atoms with Gasteiger partial charge in [-0.05, 0) is 37.5 Å². The molecule has 0 amide bonds. The fraction of sp³-hybridized carbons (Fsp3) is 0.364. The summed E-state index contributed by atoms with van der Waals surface area (Å²) >= 11 is 0. The molecule has 0 fully saturated rings. The van der Waals surface area contributed by atoms with Gasteiger partial charge in [0, 0.05) is 5.69 Å². The van der Waals surface area contributed by atoms with Crippen LogP contribution in [0.3, 0.4) is 0 Å². The molecule has 0 unspecified atom stereocenters. The summed E-state index contributed by atoms with van der Waals surface area (Å²) in [6.07, 6.45) is 1.33. The highest BCUT2D eigenvalue weighted by Gasteiger charge is 2.07. The SMILES string of the molecule is [CH2]Cc1ccc(NS(=O)(=O)CCC)cc1. The van der Waals surface area contributed by atoms with Gasteiger partial charge in [0.1, 0.15) is 0 Å². The van der Waals surface area contributed by atoms with Gasteiger partial charge in [-0.2, -0.15) is 0 Å². The van der Waals surface area contributed by atoms with E-state index >= 15 is 0 Å². The molecule has 0 atom stereocenters. The van der Waals surface area contributed by atoms with Crippen molar-refractivity contribution in [3.8, 4) is 0 Å². The van der Waals surface area contributed by atoms with Gasteiger partial charge < -0.3 is 0 Å². The molecule has 0 aliphatic heterocycles. The van der Waals surface area contributed by atoms with Crippen LogP contribution in [0.5, 0.6) is 0 Å². The highest BCUT2D eigenvalue weighted by molar-refractivity contribution is 7.92. The first-order valence-corrected chi connectivity index (χ1v) is 6.61. The molecule has 0 aliphatic carbocycles. The van der Waals surface area contributed by atoms with Crippen LogP contribution in [0.1, 0.15) is 18.9 Å². The van der Waals surface area contributed by atoms with E-state index in [1.54, 1.807) is 12.1 Å². The van der Waals surface area contributed by atoms with E-state index in [1.807, 2.05) is 19.1 Å². The normalized spacial score (nSPS) is 11.3. The summed E-state index contributed by atoms with van der Waals surface area (Å²) in [5.41, 5.74) is 1.70. The predicted octanol–water partition coefficient (Wildman–Crippen LogP) is 2.21. The zero-order valence-corrected chi connectivity index (χ0v) is 9.68. The third-order valence-electron chi connectivity index (χ3n) is 1.99. The van der Waals surface area contributed by atoms with Gasteiger partial charge in [-0.15, -0.1) is 0 Å². The Hall–Kier alpha value is -1.03. The van der Waals surface area contributed by atoms with E-state index in [-0.39, 0.29) is 5.75 Å². The summed E-state index contributed by atoms with van der Waals surface area (Å²) in [5, 5.41) is 0. The summed E-state index contributed by atoms with van der Waals surface area (Å²) < 4.78 is 25.4. The lowest BCUT2D eigenvalue weighted by Gasteiger charge is -2.07. The maximum absolute atomic E-state index is 11.4. The molecule has 1 rings (SSSR count). The van der Waals surface area contributed by atoms with Crippen molar-refractivity contribution in [1.82, 2.24) is 0 Å². The second-order valence-corrected chi connectivity index (χ2v) is 5.21. The highest BCUT2D eigenvalue weighted by Crippen LogP contribution is 2.11. The predicted molar refractivity (Wildman–Crippen MR) is 63.2 cm³/mol. The number of rotatable bonds is 5. The average Bonchev–Trinajstić information content (AvgIpc) is 2.18. The van der Waals surface area contributed by atoms with Crippen molar-refractivity contribution in [3.05, 3.63) is 36.8 Å². The van der Waals surface area contributed by atoms with Crippen LogP contribution in [0, 0.1) is 6.92 Å². The number of hydrogen-bond acceptors (Lipinski definition) is 2. The van der Waals surface area contributed by atoms with Crippen LogP contribution in [-0.2, 0) is 16.4 Å². The maximum atomic E-state index is 11.4. The van der Waals surface area contributed by atoms with Crippen LogP contribution in [0.15, 0.2) is 24.3 Å². The monoisotopic (exact) mass is 226 g/mol. The van der Waals surface area contributed by atoms with E-state index < -0.39 is 10.0 Å². The fourth-order valence-electron chi connectivity index (χ4n) is 1.24. The third kappa shape index (κ3) is 3.91. The molecule has 1 aromatic carbocycles. The van der Waals surface area contributed by atoms with E-state index in [2.05, 4.69) is 11.6 Å². The first-order valence-electron chi connectivity index (χ1n) is 4.96.